The second-order valence-electron chi connectivity index (χ2n) is 5.56. The number of aromatic nitrogens is 2. The molecule has 1 aromatic rings. The number of rotatable bonds is 5. The van der Waals surface area contributed by atoms with Gasteiger partial charge in [0.1, 0.15) is 5.82 Å². The molecule has 0 aliphatic carbocycles. The minimum absolute atomic E-state index is 0.365. The Labute approximate surface area is 115 Å². The van der Waals surface area contributed by atoms with E-state index in [1.54, 1.807) is 12.4 Å². The molecule has 0 aromatic carbocycles. The molecule has 0 spiro atoms. The van der Waals surface area contributed by atoms with E-state index in [-0.39, 0.29) is 6.10 Å². The second kappa shape index (κ2) is 6.82. The molecule has 2 heterocycles. The lowest BCUT2D eigenvalue weighted by Crippen LogP contribution is -2.40. The number of hydrogen-bond acceptors (Lipinski definition) is 5. The Kier molecular flexibility index (Phi) is 5.10. The molecular formula is C14H24N4O. The normalized spacial score (nSPS) is 19.3. The van der Waals surface area contributed by atoms with Crippen LogP contribution in [0.5, 0.6) is 0 Å². The van der Waals surface area contributed by atoms with Gasteiger partial charge in [0.2, 0.25) is 0 Å². The highest BCUT2D eigenvalue weighted by molar-refractivity contribution is 5.31. The summed E-state index contributed by atoms with van der Waals surface area (Å²) in [5.41, 5.74) is 0.879. The van der Waals surface area contributed by atoms with Crippen LogP contribution in [0.2, 0.25) is 0 Å². The zero-order valence-corrected chi connectivity index (χ0v) is 11.8. The van der Waals surface area contributed by atoms with Crippen molar-refractivity contribution in [2.75, 3.05) is 31.5 Å². The topological polar surface area (TPSA) is 61.3 Å². The molecule has 1 aliphatic rings. The van der Waals surface area contributed by atoms with Crippen LogP contribution >= 0.6 is 0 Å². The largest absolute Gasteiger partial charge is 0.390 e. The first-order valence-electron chi connectivity index (χ1n) is 7.06. The second-order valence-corrected chi connectivity index (χ2v) is 5.56. The summed E-state index contributed by atoms with van der Waals surface area (Å²) in [5, 5.41) is 13.2. The Morgan fingerprint density at radius 3 is 2.84 bits per heavy atom. The van der Waals surface area contributed by atoms with E-state index in [9.17, 15) is 5.11 Å². The number of hydrogen-bond donors (Lipinski definition) is 2. The van der Waals surface area contributed by atoms with Gasteiger partial charge < -0.3 is 15.3 Å². The van der Waals surface area contributed by atoms with Crippen molar-refractivity contribution >= 4 is 5.82 Å². The number of piperidine rings is 1. The predicted molar refractivity (Wildman–Crippen MR) is 76.1 cm³/mol. The van der Waals surface area contributed by atoms with Gasteiger partial charge in [0.15, 0.2) is 0 Å². The summed E-state index contributed by atoms with van der Waals surface area (Å²) in [5.74, 6) is 1.56. The van der Waals surface area contributed by atoms with Gasteiger partial charge in [-0.15, -0.1) is 0 Å². The number of aliphatic hydroxyl groups is 1. The smallest absolute Gasteiger partial charge is 0.144 e. The van der Waals surface area contributed by atoms with E-state index in [4.69, 9.17) is 0 Å². The van der Waals surface area contributed by atoms with Crippen molar-refractivity contribution in [3.8, 4) is 0 Å². The predicted octanol–water partition coefficient (Wildman–Crippen LogP) is 1.29. The number of aryl methyl sites for hydroxylation is 1. The number of anilines is 1. The van der Waals surface area contributed by atoms with Gasteiger partial charge in [-0.2, -0.15) is 0 Å². The monoisotopic (exact) mass is 264 g/mol. The third-order valence-electron chi connectivity index (χ3n) is 3.62. The molecular weight excluding hydrogens is 240 g/mol. The summed E-state index contributed by atoms with van der Waals surface area (Å²) in [7, 11) is 0. The molecule has 1 fully saturated rings. The molecule has 0 amide bonds. The SMILES string of the molecule is Cc1cncc(NCC(O)CN2CCC(C)CC2)n1. The molecule has 1 aromatic heterocycles. The fourth-order valence-electron chi connectivity index (χ4n) is 2.38. The van der Waals surface area contributed by atoms with Crippen LogP contribution in [0.1, 0.15) is 25.5 Å². The summed E-state index contributed by atoms with van der Waals surface area (Å²) in [6.07, 6.45) is 5.52. The van der Waals surface area contributed by atoms with E-state index in [1.165, 1.54) is 12.8 Å². The third kappa shape index (κ3) is 4.76. The van der Waals surface area contributed by atoms with Crippen molar-refractivity contribution in [1.29, 1.82) is 0 Å². The highest BCUT2D eigenvalue weighted by Crippen LogP contribution is 2.15. The molecule has 1 atom stereocenters. The van der Waals surface area contributed by atoms with Gasteiger partial charge in [-0.1, -0.05) is 6.92 Å². The molecule has 0 bridgehead atoms. The van der Waals surface area contributed by atoms with Crippen molar-refractivity contribution in [2.45, 2.75) is 32.8 Å². The maximum atomic E-state index is 10.0. The van der Waals surface area contributed by atoms with E-state index in [0.29, 0.717) is 6.54 Å². The Hall–Kier alpha value is -1.20. The van der Waals surface area contributed by atoms with Crippen LogP contribution in [0.15, 0.2) is 12.4 Å². The molecule has 5 nitrogen and oxygen atoms in total. The molecule has 1 unspecified atom stereocenters. The third-order valence-corrected chi connectivity index (χ3v) is 3.62. The van der Waals surface area contributed by atoms with Gasteiger partial charge in [-0.05, 0) is 38.8 Å². The number of nitrogens with one attached hydrogen (secondary N) is 1. The maximum absolute atomic E-state index is 10.0. The molecule has 2 N–H and O–H groups in total. The Bertz CT molecular complexity index is 391. The first-order valence-corrected chi connectivity index (χ1v) is 7.06. The van der Waals surface area contributed by atoms with Crippen molar-refractivity contribution in [2.24, 2.45) is 5.92 Å². The maximum Gasteiger partial charge on any atom is 0.144 e. The first kappa shape index (κ1) is 14.2. The summed E-state index contributed by atoms with van der Waals surface area (Å²) < 4.78 is 0. The molecule has 2 rings (SSSR count). The quantitative estimate of drug-likeness (QED) is 0.839. The molecule has 1 aliphatic heterocycles. The van der Waals surface area contributed by atoms with Crippen molar-refractivity contribution in [3.05, 3.63) is 18.1 Å². The Morgan fingerprint density at radius 1 is 1.42 bits per heavy atom. The molecule has 0 saturated carbocycles. The van der Waals surface area contributed by atoms with Crippen molar-refractivity contribution in [1.82, 2.24) is 14.9 Å². The van der Waals surface area contributed by atoms with Gasteiger partial charge in [-0.3, -0.25) is 4.98 Å². The lowest BCUT2D eigenvalue weighted by molar-refractivity contribution is 0.0989. The lowest BCUT2D eigenvalue weighted by Gasteiger charge is -2.31. The average molecular weight is 264 g/mol. The number of nitrogens with zero attached hydrogens (tertiary/aromatic N) is 3. The number of likely N-dealkylation sites (tertiary alicyclic amines) is 1. The van der Waals surface area contributed by atoms with Crippen molar-refractivity contribution in [3.63, 3.8) is 0 Å². The summed E-state index contributed by atoms with van der Waals surface area (Å²) in [6, 6.07) is 0. The van der Waals surface area contributed by atoms with Crippen LogP contribution in [0.3, 0.4) is 0 Å². The molecule has 5 heteroatoms. The fraction of sp³-hybridized carbons (Fsp3) is 0.714. The van der Waals surface area contributed by atoms with Crippen LogP contribution in [0, 0.1) is 12.8 Å². The lowest BCUT2D eigenvalue weighted by atomic mass is 9.99. The van der Waals surface area contributed by atoms with E-state index in [0.717, 1.165) is 37.1 Å². The summed E-state index contributed by atoms with van der Waals surface area (Å²) in [4.78, 5) is 10.7. The highest BCUT2D eigenvalue weighted by Gasteiger charge is 2.18. The number of β-amino-alcohol motifs (C(OH)–C–C–N with tert-alkyl or cyclic N) is 1. The molecule has 19 heavy (non-hydrogen) atoms. The molecule has 0 radical (unpaired) electrons. The van der Waals surface area contributed by atoms with Crippen LogP contribution < -0.4 is 5.32 Å². The Balaban J connectivity index is 1.71. The van der Waals surface area contributed by atoms with E-state index >= 15 is 0 Å². The molecule has 106 valence electrons. The van der Waals surface area contributed by atoms with Crippen LogP contribution in [0.25, 0.3) is 0 Å². The van der Waals surface area contributed by atoms with Gasteiger partial charge in [0, 0.05) is 19.3 Å². The first-order chi connectivity index (χ1) is 9.13. The zero-order valence-electron chi connectivity index (χ0n) is 11.8. The van der Waals surface area contributed by atoms with E-state index in [1.807, 2.05) is 6.92 Å². The van der Waals surface area contributed by atoms with E-state index < -0.39 is 0 Å². The standard InChI is InChI=1S/C14H24N4O/c1-11-3-5-18(6-4-11)10-13(19)8-16-14-9-15-7-12(2)17-14/h7,9,11,13,19H,3-6,8,10H2,1-2H3,(H,16,17). The van der Waals surface area contributed by atoms with Gasteiger partial charge in [0.25, 0.3) is 0 Å². The highest BCUT2D eigenvalue weighted by atomic mass is 16.3. The minimum atomic E-state index is -0.365. The average Bonchev–Trinajstić information content (AvgIpc) is 2.39. The van der Waals surface area contributed by atoms with Crippen LogP contribution in [0.4, 0.5) is 5.82 Å². The molecule has 1 saturated heterocycles. The van der Waals surface area contributed by atoms with Gasteiger partial charge in [0.05, 0.1) is 18.0 Å². The Morgan fingerprint density at radius 2 is 2.16 bits per heavy atom. The van der Waals surface area contributed by atoms with Crippen LogP contribution in [-0.2, 0) is 0 Å². The van der Waals surface area contributed by atoms with Gasteiger partial charge in [-0.25, -0.2) is 4.98 Å². The van der Waals surface area contributed by atoms with Crippen molar-refractivity contribution < 1.29 is 5.11 Å². The fourth-order valence-corrected chi connectivity index (χ4v) is 2.38. The van der Waals surface area contributed by atoms with E-state index in [2.05, 4.69) is 27.1 Å². The summed E-state index contributed by atoms with van der Waals surface area (Å²) in [6.45, 7) is 7.66. The summed E-state index contributed by atoms with van der Waals surface area (Å²) >= 11 is 0. The van der Waals surface area contributed by atoms with Crippen LogP contribution in [-0.4, -0.2) is 52.3 Å². The zero-order chi connectivity index (χ0) is 13.7. The van der Waals surface area contributed by atoms with Gasteiger partial charge >= 0.3 is 0 Å². The number of aliphatic hydroxyl groups excluding tert-OH is 1. The minimum Gasteiger partial charge on any atom is -0.390 e.